The summed E-state index contributed by atoms with van der Waals surface area (Å²) in [6.45, 7) is 13.0. The van der Waals surface area contributed by atoms with E-state index in [9.17, 15) is 0 Å². The Labute approximate surface area is 304 Å². The summed E-state index contributed by atoms with van der Waals surface area (Å²) in [6, 6.07) is 59.0. The van der Waals surface area contributed by atoms with Crippen LogP contribution in [0.4, 0.5) is 0 Å². The molecule has 0 radical (unpaired) electrons. The first-order valence-corrected chi connectivity index (χ1v) is 18.0. The molecule has 7 rings (SSSR count). The molecule has 0 N–H and O–H groups in total. The Hall–Kier alpha value is -5.22. The SMILES string of the molecule is Cc1cc(C)c(B2ON(C(C)(C)C)[C@H](c3ccccc3)/C(c3ccccc3)=C(c3ccccc3)\C(c3ccccc3)=C/2c2ccccc2)c(C)c1. The molecule has 0 unspecified atom stereocenters. The highest BCUT2D eigenvalue weighted by atomic mass is 16.7. The van der Waals surface area contributed by atoms with Gasteiger partial charge in [-0.3, -0.25) is 0 Å². The Morgan fingerprint density at radius 2 is 0.922 bits per heavy atom. The number of allylic oxidation sites excluding steroid dienone is 2. The summed E-state index contributed by atoms with van der Waals surface area (Å²) in [5.41, 5.74) is 15.0. The predicted octanol–water partition coefficient (Wildman–Crippen LogP) is 11.4. The zero-order valence-electron chi connectivity index (χ0n) is 30.6. The Bertz CT molecular complexity index is 2140. The normalized spacial score (nSPS) is 18.7. The van der Waals surface area contributed by atoms with Crippen LogP contribution < -0.4 is 5.46 Å². The average Bonchev–Trinajstić information content (AvgIpc) is 3.13. The van der Waals surface area contributed by atoms with Gasteiger partial charge in [-0.25, -0.2) is 0 Å². The third-order valence-corrected chi connectivity index (χ3v) is 9.85. The van der Waals surface area contributed by atoms with Gasteiger partial charge in [-0.2, -0.15) is 5.06 Å². The van der Waals surface area contributed by atoms with Crippen molar-refractivity contribution in [2.75, 3.05) is 0 Å². The second kappa shape index (κ2) is 14.6. The molecule has 252 valence electrons. The van der Waals surface area contributed by atoms with Crippen LogP contribution in [0.25, 0.3) is 22.2 Å². The van der Waals surface area contributed by atoms with Crippen molar-refractivity contribution in [3.05, 3.63) is 208 Å². The van der Waals surface area contributed by atoms with Crippen LogP contribution in [0, 0.1) is 20.8 Å². The van der Waals surface area contributed by atoms with Crippen LogP contribution in [-0.4, -0.2) is 17.5 Å². The van der Waals surface area contributed by atoms with Crippen LogP contribution in [0.5, 0.6) is 0 Å². The van der Waals surface area contributed by atoms with E-state index in [4.69, 9.17) is 4.76 Å². The number of hydrogen-bond acceptors (Lipinski definition) is 2. The van der Waals surface area contributed by atoms with Crippen molar-refractivity contribution >= 4 is 34.6 Å². The largest absolute Gasteiger partial charge is 0.388 e. The van der Waals surface area contributed by atoms with Crippen LogP contribution >= 0.6 is 0 Å². The molecule has 0 fully saturated rings. The van der Waals surface area contributed by atoms with Crippen LogP contribution in [0.1, 0.15) is 71.3 Å². The topological polar surface area (TPSA) is 12.5 Å². The van der Waals surface area contributed by atoms with Crippen molar-refractivity contribution < 1.29 is 4.76 Å². The number of rotatable bonds is 6. The molecule has 0 saturated heterocycles. The molecule has 1 aliphatic heterocycles. The molecule has 6 aromatic carbocycles. The third kappa shape index (κ3) is 6.93. The quantitative estimate of drug-likeness (QED) is 0.165. The Kier molecular flexibility index (Phi) is 9.78. The molecule has 0 amide bonds. The van der Waals surface area contributed by atoms with E-state index in [2.05, 4.69) is 210 Å². The van der Waals surface area contributed by atoms with Crippen molar-refractivity contribution in [1.29, 1.82) is 0 Å². The second-order valence-electron chi connectivity index (χ2n) is 14.6. The molecule has 0 bridgehead atoms. The van der Waals surface area contributed by atoms with Gasteiger partial charge in [0.05, 0.1) is 6.04 Å². The number of benzene rings is 6. The van der Waals surface area contributed by atoms with Gasteiger partial charge in [-0.05, 0) is 97.0 Å². The Balaban J connectivity index is 1.78. The zero-order valence-corrected chi connectivity index (χ0v) is 30.6. The van der Waals surface area contributed by atoms with Gasteiger partial charge in [-0.15, -0.1) is 0 Å². The monoisotopic (exact) mass is 663 g/mol. The highest BCUT2D eigenvalue weighted by molar-refractivity contribution is 6.88. The maximum Gasteiger partial charge on any atom is 0.388 e. The lowest BCUT2D eigenvalue weighted by atomic mass is 9.48. The molecular weight excluding hydrogens is 617 g/mol. The molecule has 1 atom stereocenters. The summed E-state index contributed by atoms with van der Waals surface area (Å²) < 4.78 is 7.81. The van der Waals surface area contributed by atoms with Gasteiger partial charge < -0.3 is 4.76 Å². The van der Waals surface area contributed by atoms with Crippen molar-refractivity contribution in [1.82, 2.24) is 5.06 Å². The van der Waals surface area contributed by atoms with E-state index < -0.39 is 12.5 Å². The van der Waals surface area contributed by atoms with Gasteiger partial charge in [0.1, 0.15) is 0 Å². The smallest absolute Gasteiger partial charge is 0.346 e. The number of hydroxylamine groups is 2. The van der Waals surface area contributed by atoms with E-state index in [1.807, 2.05) is 0 Å². The lowest BCUT2D eigenvalue weighted by Crippen LogP contribution is -2.53. The first kappa shape index (κ1) is 34.2. The van der Waals surface area contributed by atoms with Crippen LogP contribution in [0.3, 0.4) is 0 Å². The molecule has 3 heteroatoms. The highest BCUT2D eigenvalue weighted by Crippen LogP contribution is 2.51. The summed E-state index contributed by atoms with van der Waals surface area (Å²) in [7, 11) is 0. The lowest BCUT2D eigenvalue weighted by molar-refractivity contribution is -0.147. The fourth-order valence-corrected chi connectivity index (χ4v) is 7.81. The van der Waals surface area contributed by atoms with E-state index in [1.54, 1.807) is 0 Å². The van der Waals surface area contributed by atoms with Gasteiger partial charge >= 0.3 is 6.92 Å². The second-order valence-corrected chi connectivity index (χ2v) is 14.6. The fraction of sp³-hybridized carbons (Fsp3) is 0.167. The first-order valence-electron chi connectivity index (χ1n) is 18.0. The van der Waals surface area contributed by atoms with Gasteiger partial charge in [-0.1, -0.05) is 180 Å². The Morgan fingerprint density at radius 1 is 0.510 bits per heavy atom. The minimum atomic E-state index is -0.426. The predicted molar refractivity (Wildman–Crippen MR) is 217 cm³/mol. The minimum absolute atomic E-state index is 0.256. The highest BCUT2D eigenvalue weighted by Gasteiger charge is 2.44. The van der Waals surface area contributed by atoms with Crippen molar-refractivity contribution in [3.8, 4) is 0 Å². The van der Waals surface area contributed by atoms with E-state index in [0.717, 1.165) is 27.7 Å². The van der Waals surface area contributed by atoms with Crippen molar-refractivity contribution in [2.45, 2.75) is 53.1 Å². The average molecular weight is 664 g/mol. The maximum absolute atomic E-state index is 7.81. The minimum Gasteiger partial charge on any atom is -0.346 e. The molecule has 51 heavy (non-hydrogen) atoms. The summed E-state index contributed by atoms with van der Waals surface area (Å²) in [6.07, 6.45) is 0. The van der Waals surface area contributed by atoms with Crippen LogP contribution in [0.15, 0.2) is 164 Å². The molecular formula is C48H46BNO. The van der Waals surface area contributed by atoms with Crippen molar-refractivity contribution in [2.24, 2.45) is 0 Å². The van der Waals surface area contributed by atoms with Gasteiger partial charge in [0.2, 0.25) is 0 Å². The third-order valence-electron chi connectivity index (χ3n) is 9.85. The standard InChI is InChI=1S/C48H46BNO/c1-34-32-35(2)45(36(3)33-34)49-46(40-28-18-10-19-29-40)43(38-24-14-8-15-25-38)42(37-22-12-7-13-23-37)44(39-26-16-9-17-27-39)47(41-30-20-11-21-31-41)50(51-49)48(4,5)6/h7-33,47H,1-6H3/b44-42-,46-43-/t47-/m1/s1. The molecule has 0 saturated carbocycles. The molecule has 2 nitrogen and oxygen atoms in total. The molecule has 1 heterocycles. The van der Waals surface area contributed by atoms with Crippen molar-refractivity contribution in [3.63, 3.8) is 0 Å². The zero-order chi connectivity index (χ0) is 35.5. The van der Waals surface area contributed by atoms with E-state index in [1.165, 1.54) is 44.4 Å². The number of hydrogen-bond donors (Lipinski definition) is 0. The fourth-order valence-electron chi connectivity index (χ4n) is 7.81. The van der Waals surface area contributed by atoms with E-state index >= 15 is 0 Å². The molecule has 0 spiro atoms. The number of aryl methyl sites for hydroxylation is 3. The number of nitrogens with zero attached hydrogens (tertiary/aromatic N) is 1. The first-order chi connectivity index (χ1) is 24.7. The van der Waals surface area contributed by atoms with E-state index in [-0.39, 0.29) is 6.04 Å². The van der Waals surface area contributed by atoms with Crippen LogP contribution in [0.2, 0.25) is 0 Å². The van der Waals surface area contributed by atoms with Gasteiger partial charge in [0.25, 0.3) is 0 Å². The maximum atomic E-state index is 7.81. The summed E-state index contributed by atoms with van der Waals surface area (Å²) in [5.74, 6) is 0. The van der Waals surface area contributed by atoms with Gasteiger partial charge in [0.15, 0.2) is 0 Å². The molecule has 0 aromatic heterocycles. The Morgan fingerprint density at radius 3 is 1.39 bits per heavy atom. The lowest BCUT2D eigenvalue weighted by Gasteiger charge is -2.46. The summed E-state index contributed by atoms with van der Waals surface area (Å²) >= 11 is 0. The van der Waals surface area contributed by atoms with Gasteiger partial charge in [0, 0.05) is 5.54 Å². The summed E-state index contributed by atoms with van der Waals surface area (Å²) in [4.78, 5) is 0. The summed E-state index contributed by atoms with van der Waals surface area (Å²) in [5, 5.41) is 2.29. The molecule has 6 aromatic rings. The molecule has 1 aliphatic rings. The van der Waals surface area contributed by atoms with Crippen LogP contribution in [-0.2, 0) is 4.76 Å². The van der Waals surface area contributed by atoms with E-state index in [0.29, 0.717) is 0 Å². The molecule has 0 aliphatic carbocycles.